The summed E-state index contributed by atoms with van der Waals surface area (Å²) in [5.41, 5.74) is 0.00868. The molecule has 0 bridgehead atoms. The molecule has 2 aromatic rings. The van der Waals surface area contributed by atoms with Gasteiger partial charge in [0, 0.05) is 16.2 Å². The third-order valence-corrected chi connectivity index (χ3v) is 2.79. The van der Waals surface area contributed by atoms with Crippen LogP contribution in [-0.2, 0) is 0 Å². The molecule has 0 unspecified atom stereocenters. The lowest BCUT2D eigenvalue weighted by Crippen LogP contribution is -2.04. The largest absolute Gasteiger partial charge is 0.477 e. The number of non-ortho nitro benzene ring substituents is 1. The molecular weight excluding hydrogens is 346 g/mol. The van der Waals surface area contributed by atoms with Crippen LogP contribution in [-0.4, -0.2) is 26.0 Å². The number of hydrogen-bond acceptors (Lipinski definition) is 6. The number of aryl methyl sites for hydroxylation is 1. The van der Waals surface area contributed by atoms with E-state index in [0.29, 0.717) is 10.2 Å². The first kappa shape index (κ1) is 14.9. The molecule has 1 heterocycles. The number of hydrogen-bond donors (Lipinski definition) is 1. The van der Waals surface area contributed by atoms with E-state index in [4.69, 9.17) is 9.84 Å². The Kier molecular flexibility index (Phi) is 4.13. The van der Waals surface area contributed by atoms with Crippen molar-refractivity contribution < 1.29 is 19.6 Å². The molecule has 8 nitrogen and oxygen atoms in total. The molecule has 1 aromatic carbocycles. The van der Waals surface area contributed by atoms with Gasteiger partial charge in [-0.05, 0) is 19.1 Å². The molecule has 0 radical (unpaired) electrons. The fraction of sp³-hybridized carbons (Fsp3) is 0.0833. The van der Waals surface area contributed by atoms with Crippen LogP contribution in [0.1, 0.15) is 16.2 Å². The number of aromatic carboxylic acids is 1. The Labute approximate surface area is 126 Å². The molecule has 21 heavy (non-hydrogen) atoms. The fourth-order valence-electron chi connectivity index (χ4n) is 1.51. The van der Waals surface area contributed by atoms with Crippen molar-refractivity contribution >= 4 is 27.6 Å². The predicted octanol–water partition coefficient (Wildman–Crippen LogP) is 2.95. The van der Waals surface area contributed by atoms with Crippen LogP contribution in [0.25, 0.3) is 0 Å². The molecule has 0 saturated carbocycles. The number of nitro groups is 1. The Balaban J connectivity index is 2.38. The van der Waals surface area contributed by atoms with Crippen molar-refractivity contribution in [3.63, 3.8) is 0 Å². The number of nitrogens with zero attached hydrogens (tertiary/aromatic N) is 3. The smallest absolute Gasteiger partial charge is 0.354 e. The zero-order valence-electron chi connectivity index (χ0n) is 10.6. The van der Waals surface area contributed by atoms with E-state index in [1.807, 2.05) is 0 Å². The topological polar surface area (TPSA) is 115 Å². The van der Waals surface area contributed by atoms with Crippen LogP contribution in [0, 0.1) is 17.0 Å². The first-order chi connectivity index (χ1) is 9.85. The van der Waals surface area contributed by atoms with E-state index in [1.165, 1.54) is 24.3 Å². The van der Waals surface area contributed by atoms with E-state index in [1.54, 1.807) is 6.92 Å². The van der Waals surface area contributed by atoms with Crippen molar-refractivity contribution in [2.75, 3.05) is 0 Å². The van der Waals surface area contributed by atoms with Gasteiger partial charge in [-0.15, -0.1) is 0 Å². The van der Waals surface area contributed by atoms with Crippen LogP contribution in [0.3, 0.4) is 0 Å². The summed E-state index contributed by atoms with van der Waals surface area (Å²) in [5.74, 6) is -1.09. The second-order valence-corrected chi connectivity index (χ2v) is 4.90. The first-order valence-corrected chi connectivity index (χ1v) is 6.36. The first-order valence-electron chi connectivity index (χ1n) is 5.57. The number of aromatic nitrogens is 2. The van der Waals surface area contributed by atoms with Gasteiger partial charge >= 0.3 is 12.0 Å². The third-order valence-electron chi connectivity index (χ3n) is 2.33. The summed E-state index contributed by atoms with van der Waals surface area (Å²) in [6.07, 6.45) is 0. The maximum absolute atomic E-state index is 10.9. The van der Waals surface area contributed by atoms with E-state index >= 15 is 0 Å². The molecule has 0 atom stereocenters. The minimum atomic E-state index is -1.22. The minimum absolute atomic E-state index is 0.123. The van der Waals surface area contributed by atoms with Gasteiger partial charge in [-0.2, -0.15) is 4.98 Å². The van der Waals surface area contributed by atoms with Crippen LogP contribution in [0.4, 0.5) is 5.69 Å². The standard InChI is InChI=1S/C12H8BrN3O5/c1-6-2-10(11(17)18)15-12(14-6)21-9-4-7(13)3-8(5-9)16(19)20/h2-5H,1H3,(H,17,18). The second kappa shape index (κ2) is 5.83. The molecule has 0 amide bonds. The normalized spacial score (nSPS) is 10.2. The molecule has 1 N–H and O–H groups in total. The van der Waals surface area contributed by atoms with Crippen LogP contribution < -0.4 is 4.74 Å². The summed E-state index contributed by atoms with van der Waals surface area (Å²) >= 11 is 3.13. The van der Waals surface area contributed by atoms with Crippen molar-refractivity contribution in [2.45, 2.75) is 6.92 Å². The number of halogens is 1. The van der Waals surface area contributed by atoms with Gasteiger partial charge in [0.15, 0.2) is 5.69 Å². The van der Waals surface area contributed by atoms with Gasteiger partial charge in [0.1, 0.15) is 5.75 Å². The fourth-order valence-corrected chi connectivity index (χ4v) is 1.97. The lowest BCUT2D eigenvalue weighted by atomic mass is 10.3. The predicted molar refractivity (Wildman–Crippen MR) is 74.6 cm³/mol. The highest BCUT2D eigenvalue weighted by Crippen LogP contribution is 2.28. The number of carbonyl (C=O) groups is 1. The number of carboxylic acids is 1. The maximum Gasteiger partial charge on any atom is 0.354 e. The lowest BCUT2D eigenvalue weighted by molar-refractivity contribution is -0.385. The van der Waals surface area contributed by atoms with Gasteiger partial charge in [0.2, 0.25) is 0 Å². The molecule has 1 aromatic heterocycles. The van der Waals surface area contributed by atoms with E-state index in [0.717, 1.165) is 0 Å². The SMILES string of the molecule is Cc1cc(C(=O)O)nc(Oc2cc(Br)cc([N+](=O)[O-])c2)n1. The van der Waals surface area contributed by atoms with Crippen molar-refractivity contribution in [1.82, 2.24) is 9.97 Å². The number of rotatable bonds is 4. The van der Waals surface area contributed by atoms with Crippen molar-refractivity contribution in [3.05, 3.63) is 50.2 Å². The van der Waals surface area contributed by atoms with Crippen LogP contribution >= 0.6 is 15.9 Å². The second-order valence-electron chi connectivity index (χ2n) is 3.99. The monoisotopic (exact) mass is 353 g/mol. The number of ether oxygens (including phenoxy) is 1. The van der Waals surface area contributed by atoms with Gasteiger partial charge in [-0.25, -0.2) is 9.78 Å². The number of carboxylic acid groups (broad SMARTS) is 1. The van der Waals surface area contributed by atoms with Crippen LogP contribution in [0.5, 0.6) is 11.8 Å². The Bertz CT molecular complexity index is 673. The molecule has 0 fully saturated rings. The van der Waals surface area contributed by atoms with E-state index in [2.05, 4.69) is 25.9 Å². The lowest BCUT2D eigenvalue weighted by Gasteiger charge is -2.06. The van der Waals surface area contributed by atoms with E-state index in [-0.39, 0.29) is 23.1 Å². The minimum Gasteiger partial charge on any atom is -0.477 e. The molecule has 0 saturated heterocycles. The van der Waals surface area contributed by atoms with Crippen molar-refractivity contribution in [2.24, 2.45) is 0 Å². The highest BCUT2D eigenvalue weighted by Gasteiger charge is 2.13. The Hall–Kier alpha value is -2.55. The van der Waals surface area contributed by atoms with Crippen LogP contribution in [0.2, 0.25) is 0 Å². The zero-order valence-corrected chi connectivity index (χ0v) is 12.2. The van der Waals surface area contributed by atoms with Gasteiger partial charge in [-0.3, -0.25) is 10.1 Å². The summed E-state index contributed by atoms with van der Waals surface area (Å²) in [6.45, 7) is 1.59. The van der Waals surface area contributed by atoms with Gasteiger partial charge in [0.05, 0.1) is 11.0 Å². The summed E-state index contributed by atoms with van der Waals surface area (Å²) in [7, 11) is 0. The summed E-state index contributed by atoms with van der Waals surface area (Å²) in [4.78, 5) is 28.8. The van der Waals surface area contributed by atoms with Gasteiger partial charge < -0.3 is 9.84 Å². The molecular formula is C12H8BrN3O5. The summed E-state index contributed by atoms with van der Waals surface area (Å²) < 4.78 is 5.74. The summed E-state index contributed by atoms with van der Waals surface area (Å²) in [5, 5.41) is 19.7. The molecule has 9 heteroatoms. The van der Waals surface area contributed by atoms with Gasteiger partial charge in [-0.1, -0.05) is 15.9 Å². The van der Waals surface area contributed by atoms with Crippen molar-refractivity contribution in [1.29, 1.82) is 0 Å². The zero-order chi connectivity index (χ0) is 15.6. The Morgan fingerprint density at radius 3 is 2.67 bits per heavy atom. The molecule has 108 valence electrons. The molecule has 0 aliphatic carbocycles. The van der Waals surface area contributed by atoms with E-state index < -0.39 is 10.9 Å². The number of benzene rings is 1. The number of nitro benzene ring substituents is 1. The van der Waals surface area contributed by atoms with Crippen molar-refractivity contribution in [3.8, 4) is 11.8 Å². The average molecular weight is 354 g/mol. The molecule has 0 aliphatic heterocycles. The molecule has 0 spiro atoms. The summed E-state index contributed by atoms with van der Waals surface area (Å²) in [6, 6.07) is 5.08. The van der Waals surface area contributed by atoms with Crippen LogP contribution in [0.15, 0.2) is 28.7 Å². The molecule has 0 aliphatic rings. The highest BCUT2D eigenvalue weighted by molar-refractivity contribution is 9.10. The highest BCUT2D eigenvalue weighted by atomic mass is 79.9. The maximum atomic E-state index is 10.9. The Morgan fingerprint density at radius 1 is 1.33 bits per heavy atom. The molecule has 2 rings (SSSR count). The van der Waals surface area contributed by atoms with E-state index in [9.17, 15) is 14.9 Å². The van der Waals surface area contributed by atoms with Gasteiger partial charge in [0.25, 0.3) is 5.69 Å². The Morgan fingerprint density at radius 2 is 2.05 bits per heavy atom. The quantitative estimate of drug-likeness (QED) is 0.663. The average Bonchev–Trinajstić information content (AvgIpc) is 2.37. The third kappa shape index (κ3) is 3.72.